The summed E-state index contributed by atoms with van der Waals surface area (Å²) in [5.74, 6) is -0.649. The third-order valence-corrected chi connectivity index (χ3v) is 3.19. The lowest BCUT2D eigenvalue weighted by molar-refractivity contribution is -0.117. The van der Waals surface area contributed by atoms with Crippen LogP contribution in [-0.4, -0.2) is 10.9 Å². The van der Waals surface area contributed by atoms with Crippen LogP contribution in [-0.2, 0) is 4.79 Å². The second-order valence-corrected chi connectivity index (χ2v) is 4.65. The van der Waals surface area contributed by atoms with Crippen LogP contribution >= 0.6 is 12.2 Å². The summed E-state index contributed by atoms with van der Waals surface area (Å²) in [6, 6.07) is 13.7. The SMILES string of the molecule is CC(C(=O)Nc1ccc2ccccc2c1)C(N)=S. The first-order valence-electron chi connectivity index (χ1n) is 5.67. The van der Waals surface area contributed by atoms with Crippen LogP contribution in [0.5, 0.6) is 0 Å². The highest BCUT2D eigenvalue weighted by Gasteiger charge is 2.15. The van der Waals surface area contributed by atoms with E-state index >= 15 is 0 Å². The van der Waals surface area contributed by atoms with Gasteiger partial charge in [0, 0.05) is 5.69 Å². The summed E-state index contributed by atoms with van der Waals surface area (Å²) in [5, 5.41) is 5.03. The number of rotatable bonds is 3. The molecule has 2 rings (SSSR count). The highest BCUT2D eigenvalue weighted by atomic mass is 32.1. The Morgan fingerprint density at radius 2 is 1.89 bits per heavy atom. The first kappa shape index (κ1) is 12.5. The predicted molar refractivity (Wildman–Crippen MR) is 78.5 cm³/mol. The molecule has 0 saturated carbocycles. The normalized spacial score (nSPS) is 12.1. The number of carbonyl (C=O) groups is 1. The van der Waals surface area contributed by atoms with Crippen molar-refractivity contribution in [2.75, 3.05) is 5.32 Å². The van der Waals surface area contributed by atoms with Gasteiger partial charge in [0.2, 0.25) is 5.91 Å². The van der Waals surface area contributed by atoms with Crippen molar-refractivity contribution < 1.29 is 4.79 Å². The van der Waals surface area contributed by atoms with Crippen molar-refractivity contribution in [3.8, 4) is 0 Å². The van der Waals surface area contributed by atoms with Crippen LogP contribution in [0.25, 0.3) is 10.8 Å². The molecule has 0 spiro atoms. The van der Waals surface area contributed by atoms with Gasteiger partial charge in [-0.25, -0.2) is 0 Å². The molecule has 3 nitrogen and oxygen atoms in total. The fraction of sp³-hybridized carbons (Fsp3) is 0.143. The van der Waals surface area contributed by atoms with Gasteiger partial charge in [0.05, 0.1) is 10.9 Å². The van der Waals surface area contributed by atoms with Crippen molar-refractivity contribution in [2.45, 2.75) is 6.92 Å². The Kier molecular flexibility index (Phi) is 3.58. The molecule has 92 valence electrons. The lowest BCUT2D eigenvalue weighted by atomic mass is 10.1. The summed E-state index contributed by atoms with van der Waals surface area (Å²) in [6.07, 6.45) is 0. The molecule has 0 aliphatic heterocycles. The standard InChI is InChI=1S/C14H14N2OS/c1-9(13(15)18)14(17)16-12-7-6-10-4-2-3-5-11(10)8-12/h2-9H,1H3,(H2,15,18)(H,16,17). The van der Waals surface area contributed by atoms with E-state index in [-0.39, 0.29) is 10.9 Å². The average Bonchev–Trinajstić information content (AvgIpc) is 2.37. The molecule has 0 bridgehead atoms. The number of nitrogens with one attached hydrogen (secondary N) is 1. The van der Waals surface area contributed by atoms with Crippen molar-refractivity contribution in [1.29, 1.82) is 0 Å². The molecule has 18 heavy (non-hydrogen) atoms. The molecule has 1 amide bonds. The second kappa shape index (κ2) is 5.14. The zero-order valence-corrected chi connectivity index (χ0v) is 10.8. The predicted octanol–water partition coefficient (Wildman–Crippen LogP) is 2.70. The molecule has 0 aliphatic carbocycles. The van der Waals surface area contributed by atoms with Gasteiger partial charge < -0.3 is 11.1 Å². The molecular formula is C14H14N2OS. The van der Waals surface area contributed by atoms with E-state index in [1.165, 1.54) is 0 Å². The average molecular weight is 258 g/mol. The highest BCUT2D eigenvalue weighted by molar-refractivity contribution is 7.80. The Hall–Kier alpha value is -1.94. The van der Waals surface area contributed by atoms with Crippen LogP contribution in [0.15, 0.2) is 42.5 Å². The third-order valence-electron chi connectivity index (χ3n) is 2.84. The molecule has 2 aromatic carbocycles. The minimum atomic E-state index is -0.466. The minimum Gasteiger partial charge on any atom is -0.393 e. The number of thiocarbonyl (C=S) groups is 1. The smallest absolute Gasteiger partial charge is 0.234 e. The summed E-state index contributed by atoms with van der Waals surface area (Å²) in [6.45, 7) is 1.69. The van der Waals surface area contributed by atoms with Crippen LogP contribution in [0.4, 0.5) is 5.69 Å². The van der Waals surface area contributed by atoms with Gasteiger partial charge in [0.15, 0.2) is 0 Å². The van der Waals surface area contributed by atoms with E-state index < -0.39 is 5.92 Å². The van der Waals surface area contributed by atoms with E-state index in [2.05, 4.69) is 5.32 Å². The molecule has 3 N–H and O–H groups in total. The molecule has 0 radical (unpaired) electrons. The van der Waals surface area contributed by atoms with E-state index in [0.29, 0.717) is 0 Å². The number of nitrogens with two attached hydrogens (primary N) is 1. The fourth-order valence-electron chi connectivity index (χ4n) is 1.65. The summed E-state index contributed by atoms with van der Waals surface area (Å²) in [7, 11) is 0. The van der Waals surface area contributed by atoms with Crippen molar-refractivity contribution in [3.63, 3.8) is 0 Å². The van der Waals surface area contributed by atoms with Gasteiger partial charge in [0.25, 0.3) is 0 Å². The van der Waals surface area contributed by atoms with Gasteiger partial charge in [-0.15, -0.1) is 0 Å². The first-order chi connectivity index (χ1) is 8.58. The van der Waals surface area contributed by atoms with Crippen LogP contribution < -0.4 is 11.1 Å². The van der Waals surface area contributed by atoms with Gasteiger partial charge in [-0.3, -0.25) is 4.79 Å². The highest BCUT2D eigenvalue weighted by Crippen LogP contribution is 2.19. The number of benzene rings is 2. The number of fused-ring (bicyclic) bond motifs is 1. The molecule has 0 heterocycles. The molecule has 0 saturated heterocycles. The van der Waals surface area contributed by atoms with Crippen molar-refractivity contribution >= 4 is 39.6 Å². The molecular weight excluding hydrogens is 244 g/mol. The minimum absolute atomic E-state index is 0.183. The summed E-state index contributed by atoms with van der Waals surface area (Å²) in [5.41, 5.74) is 6.20. The molecule has 0 aromatic heterocycles. The van der Waals surface area contributed by atoms with Crippen LogP contribution in [0.2, 0.25) is 0 Å². The lowest BCUT2D eigenvalue weighted by Gasteiger charge is -2.11. The number of hydrogen-bond donors (Lipinski definition) is 2. The number of hydrogen-bond acceptors (Lipinski definition) is 2. The third kappa shape index (κ3) is 2.65. The van der Waals surface area contributed by atoms with E-state index in [1.54, 1.807) is 6.92 Å². The topological polar surface area (TPSA) is 55.1 Å². The Bertz CT molecular complexity index is 610. The molecule has 4 heteroatoms. The summed E-state index contributed by atoms with van der Waals surface area (Å²) < 4.78 is 0. The largest absolute Gasteiger partial charge is 0.393 e. The van der Waals surface area contributed by atoms with Gasteiger partial charge in [-0.05, 0) is 29.8 Å². The molecule has 0 fully saturated rings. The van der Waals surface area contributed by atoms with Crippen molar-refractivity contribution in [2.24, 2.45) is 11.7 Å². The summed E-state index contributed by atoms with van der Waals surface area (Å²) >= 11 is 4.80. The van der Waals surface area contributed by atoms with Gasteiger partial charge in [-0.2, -0.15) is 0 Å². The Balaban J connectivity index is 2.22. The van der Waals surface area contributed by atoms with E-state index in [9.17, 15) is 4.79 Å². The first-order valence-corrected chi connectivity index (χ1v) is 6.08. The maximum Gasteiger partial charge on any atom is 0.234 e. The van der Waals surface area contributed by atoms with Gasteiger partial charge in [0.1, 0.15) is 0 Å². The zero-order valence-electron chi connectivity index (χ0n) is 10.0. The van der Waals surface area contributed by atoms with E-state index in [0.717, 1.165) is 16.5 Å². The van der Waals surface area contributed by atoms with Crippen LogP contribution in [0.1, 0.15) is 6.92 Å². The Morgan fingerprint density at radius 3 is 2.56 bits per heavy atom. The fourth-order valence-corrected chi connectivity index (χ4v) is 1.75. The van der Waals surface area contributed by atoms with Crippen LogP contribution in [0.3, 0.4) is 0 Å². The van der Waals surface area contributed by atoms with E-state index in [1.807, 2.05) is 42.5 Å². The monoisotopic (exact) mass is 258 g/mol. The Labute approximate surface area is 111 Å². The van der Waals surface area contributed by atoms with Gasteiger partial charge in [-0.1, -0.05) is 42.5 Å². The molecule has 0 aliphatic rings. The van der Waals surface area contributed by atoms with Gasteiger partial charge >= 0.3 is 0 Å². The van der Waals surface area contributed by atoms with Crippen molar-refractivity contribution in [3.05, 3.63) is 42.5 Å². The molecule has 1 atom stereocenters. The molecule has 2 aromatic rings. The number of amides is 1. The Morgan fingerprint density at radius 1 is 1.22 bits per heavy atom. The number of carbonyl (C=O) groups excluding carboxylic acids is 1. The maximum atomic E-state index is 11.8. The summed E-state index contributed by atoms with van der Waals surface area (Å²) in [4.78, 5) is 12.0. The molecule has 1 unspecified atom stereocenters. The second-order valence-electron chi connectivity index (χ2n) is 4.18. The quantitative estimate of drug-likeness (QED) is 0.832. The maximum absolute atomic E-state index is 11.8. The van der Waals surface area contributed by atoms with E-state index in [4.69, 9.17) is 18.0 Å². The zero-order chi connectivity index (χ0) is 13.1. The van der Waals surface area contributed by atoms with Crippen molar-refractivity contribution in [1.82, 2.24) is 0 Å². The lowest BCUT2D eigenvalue weighted by Crippen LogP contribution is -2.30. The van der Waals surface area contributed by atoms with Crippen LogP contribution in [0, 0.1) is 5.92 Å². The number of anilines is 1.